The molecule has 0 aliphatic carbocycles. The fourth-order valence-electron chi connectivity index (χ4n) is 3.99. The number of hydrogen-bond donors (Lipinski definition) is 1. The molecular weight excluding hydrogens is 503 g/mol. The summed E-state index contributed by atoms with van der Waals surface area (Å²) in [4.78, 5) is 14.8. The van der Waals surface area contributed by atoms with Crippen LogP contribution in [0.15, 0.2) is 59.3 Å². The van der Waals surface area contributed by atoms with Gasteiger partial charge >= 0.3 is 0 Å². The molecule has 1 aromatic heterocycles. The lowest BCUT2D eigenvalue weighted by molar-refractivity contribution is 0.0755. The molecule has 0 saturated carbocycles. The first-order valence-corrected chi connectivity index (χ1v) is 12.8. The molecule has 36 heavy (non-hydrogen) atoms. The Morgan fingerprint density at radius 3 is 2.39 bits per heavy atom. The van der Waals surface area contributed by atoms with Crippen molar-refractivity contribution in [2.75, 3.05) is 27.7 Å². The molecule has 7 nitrogen and oxygen atoms in total. The molecule has 1 heterocycles. The predicted octanol–water partition coefficient (Wildman–Crippen LogP) is 4.58. The standard InChI is InChI=1S/C26H33FN4O3S.ClH/c1-17(2)30(6)26(32)20-10-11-24-23(15-20)25(18(3)31(24)16-21(27)12-13-28)19-8-7-9-22(14-19)35(33,34)29(4)5;/h7-12,14-15,17H,13,16,28H2,1-6H3;1H/b21-12-;. The molecule has 3 aromatic rings. The summed E-state index contributed by atoms with van der Waals surface area (Å²) in [6.07, 6.45) is 1.32. The first-order valence-electron chi connectivity index (χ1n) is 11.4. The van der Waals surface area contributed by atoms with Crippen molar-refractivity contribution in [3.63, 3.8) is 0 Å². The maximum Gasteiger partial charge on any atom is 0.253 e. The Hall–Kier alpha value is -2.72. The second kappa shape index (κ2) is 11.6. The number of halogens is 2. The van der Waals surface area contributed by atoms with Gasteiger partial charge in [-0.15, -0.1) is 12.4 Å². The molecule has 0 saturated heterocycles. The third-order valence-electron chi connectivity index (χ3n) is 6.22. The lowest BCUT2D eigenvalue weighted by Crippen LogP contribution is -2.32. The van der Waals surface area contributed by atoms with Crippen LogP contribution in [0.5, 0.6) is 0 Å². The van der Waals surface area contributed by atoms with E-state index in [4.69, 9.17) is 5.73 Å². The Kier molecular flexibility index (Phi) is 9.47. The van der Waals surface area contributed by atoms with E-state index < -0.39 is 10.0 Å². The zero-order valence-corrected chi connectivity index (χ0v) is 23.1. The molecule has 0 spiro atoms. The van der Waals surface area contributed by atoms with Crippen LogP contribution < -0.4 is 5.73 Å². The Bertz CT molecular complexity index is 1400. The van der Waals surface area contributed by atoms with E-state index in [1.165, 1.54) is 20.2 Å². The summed E-state index contributed by atoms with van der Waals surface area (Å²) < 4.78 is 43.1. The molecule has 0 unspecified atom stereocenters. The average Bonchev–Trinajstić information content (AvgIpc) is 3.08. The monoisotopic (exact) mass is 536 g/mol. The smallest absolute Gasteiger partial charge is 0.253 e. The van der Waals surface area contributed by atoms with Crippen molar-refractivity contribution in [2.24, 2.45) is 5.73 Å². The number of sulfonamides is 1. The van der Waals surface area contributed by atoms with E-state index in [2.05, 4.69) is 0 Å². The topological polar surface area (TPSA) is 88.6 Å². The summed E-state index contributed by atoms with van der Waals surface area (Å²) in [6.45, 7) is 5.80. The quantitative estimate of drug-likeness (QED) is 0.456. The van der Waals surface area contributed by atoms with Crippen molar-refractivity contribution in [2.45, 2.75) is 38.3 Å². The molecular formula is C26H34ClFN4O3S. The van der Waals surface area contributed by atoms with Gasteiger partial charge in [-0.1, -0.05) is 12.1 Å². The van der Waals surface area contributed by atoms with Gasteiger partial charge in [0.15, 0.2) is 0 Å². The Morgan fingerprint density at radius 1 is 1.14 bits per heavy atom. The second-order valence-electron chi connectivity index (χ2n) is 8.99. The molecule has 2 N–H and O–H groups in total. The average molecular weight is 537 g/mol. The van der Waals surface area contributed by atoms with Gasteiger partial charge in [-0.05, 0) is 62.7 Å². The number of amides is 1. The zero-order chi connectivity index (χ0) is 26.1. The highest BCUT2D eigenvalue weighted by molar-refractivity contribution is 7.89. The Labute approximate surface area is 218 Å². The van der Waals surface area contributed by atoms with Crippen molar-refractivity contribution in [1.82, 2.24) is 13.8 Å². The van der Waals surface area contributed by atoms with Crippen LogP contribution in [0.3, 0.4) is 0 Å². The van der Waals surface area contributed by atoms with Crippen molar-refractivity contribution < 1.29 is 17.6 Å². The van der Waals surface area contributed by atoms with Crippen LogP contribution in [0.25, 0.3) is 22.0 Å². The number of allylic oxidation sites excluding steroid dienone is 1. The number of aromatic nitrogens is 1. The minimum absolute atomic E-state index is 0. The van der Waals surface area contributed by atoms with Gasteiger partial charge < -0.3 is 15.2 Å². The summed E-state index contributed by atoms with van der Waals surface area (Å²) >= 11 is 0. The summed E-state index contributed by atoms with van der Waals surface area (Å²) in [7, 11) is 1.06. The van der Waals surface area contributed by atoms with E-state index in [0.29, 0.717) is 11.1 Å². The molecule has 0 aliphatic rings. The summed E-state index contributed by atoms with van der Waals surface area (Å²) in [6, 6.07) is 12.0. The van der Waals surface area contributed by atoms with Gasteiger partial charge in [-0.25, -0.2) is 17.1 Å². The largest absolute Gasteiger partial charge is 0.339 e. The third-order valence-corrected chi connectivity index (χ3v) is 8.03. The van der Waals surface area contributed by atoms with E-state index in [-0.39, 0.29) is 48.2 Å². The lowest BCUT2D eigenvalue weighted by Gasteiger charge is -2.21. The van der Waals surface area contributed by atoms with E-state index in [1.807, 2.05) is 37.5 Å². The van der Waals surface area contributed by atoms with Crippen molar-refractivity contribution in [3.8, 4) is 11.1 Å². The number of nitrogens with zero attached hydrogens (tertiary/aromatic N) is 3. The van der Waals surface area contributed by atoms with Gasteiger partial charge in [-0.3, -0.25) is 4.79 Å². The van der Waals surface area contributed by atoms with Crippen LogP contribution in [0, 0.1) is 6.92 Å². The molecule has 0 radical (unpaired) electrons. The van der Waals surface area contributed by atoms with Crippen molar-refractivity contribution in [1.29, 1.82) is 0 Å². The molecule has 0 atom stereocenters. The number of fused-ring (bicyclic) bond motifs is 1. The van der Waals surface area contributed by atoms with Gasteiger partial charge in [0, 0.05) is 61.5 Å². The fraction of sp³-hybridized carbons (Fsp3) is 0.346. The fourth-order valence-corrected chi connectivity index (χ4v) is 4.94. The number of nitrogens with two attached hydrogens (primary N) is 1. The maximum atomic E-state index is 14.5. The number of carbonyl (C=O) groups excluding carboxylic acids is 1. The van der Waals surface area contributed by atoms with Crippen LogP contribution in [0.4, 0.5) is 4.39 Å². The Balaban J connectivity index is 0.00000456. The van der Waals surface area contributed by atoms with Crippen LogP contribution >= 0.6 is 12.4 Å². The van der Waals surface area contributed by atoms with Crippen molar-refractivity contribution >= 4 is 39.2 Å². The normalized spacial score (nSPS) is 12.3. The van der Waals surface area contributed by atoms with E-state index >= 15 is 0 Å². The first kappa shape index (κ1) is 29.5. The summed E-state index contributed by atoms with van der Waals surface area (Å²) in [5, 5.41) is 0.741. The molecule has 2 aromatic carbocycles. The molecule has 3 rings (SSSR count). The van der Waals surface area contributed by atoms with Crippen LogP contribution in [-0.2, 0) is 16.6 Å². The summed E-state index contributed by atoms with van der Waals surface area (Å²) in [5.74, 6) is -0.501. The minimum atomic E-state index is -3.65. The van der Waals surface area contributed by atoms with Gasteiger partial charge in [0.1, 0.15) is 5.83 Å². The van der Waals surface area contributed by atoms with Crippen LogP contribution in [0.2, 0.25) is 0 Å². The van der Waals surface area contributed by atoms with Crippen LogP contribution in [0.1, 0.15) is 29.9 Å². The highest BCUT2D eigenvalue weighted by Crippen LogP contribution is 2.37. The highest BCUT2D eigenvalue weighted by Gasteiger charge is 2.23. The molecule has 0 aliphatic heterocycles. The van der Waals surface area contributed by atoms with Gasteiger partial charge in [0.2, 0.25) is 10.0 Å². The second-order valence-corrected chi connectivity index (χ2v) is 11.1. The number of rotatable bonds is 8. The molecule has 0 fully saturated rings. The lowest BCUT2D eigenvalue weighted by atomic mass is 10.0. The van der Waals surface area contributed by atoms with E-state index in [1.54, 1.807) is 42.3 Å². The van der Waals surface area contributed by atoms with Gasteiger partial charge in [-0.2, -0.15) is 0 Å². The molecule has 0 bridgehead atoms. The van der Waals surface area contributed by atoms with Crippen molar-refractivity contribution in [3.05, 3.63) is 65.6 Å². The summed E-state index contributed by atoms with van der Waals surface area (Å²) in [5.41, 5.74) is 8.90. The van der Waals surface area contributed by atoms with E-state index in [0.717, 1.165) is 26.5 Å². The minimum Gasteiger partial charge on any atom is -0.339 e. The van der Waals surface area contributed by atoms with E-state index in [9.17, 15) is 17.6 Å². The highest BCUT2D eigenvalue weighted by atomic mass is 35.5. The van der Waals surface area contributed by atoms with Gasteiger partial charge in [0.05, 0.1) is 11.4 Å². The number of carbonyl (C=O) groups is 1. The Morgan fingerprint density at radius 2 is 1.81 bits per heavy atom. The first-order chi connectivity index (χ1) is 16.4. The zero-order valence-electron chi connectivity index (χ0n) is 21.4. The van der Waals surface area contributed by atoms with Gasteiger partial charge in [0.25, 0.3) is 5.91 Å². The number of hydrogen-bond acceptors (Lipinski definition) is 4. The molecule has 196 valence electrons. The number of benzene rings is 2. The predicted molar refractivity (Wildman–Crippen MR) is 146 cm³/mol. The molecule has 1 amide bonds. The van der Waals surface area contributed by atoms with Crippen LogP contribution in [-0.4, -0.2) is 61.8 Å². The SMILES string of the molecule is Cc1c(-c2cccc(S(=O)(=O)N(C)C)c2)c2cc(C(=O)N(C)C(C)C)ccc2n1C/C(F)=C/CN.Cl. The molecule has 10 heteroatoms. The maximum absolute atomic E-state index is 14.5. The third kappa shape index (κ3) is 5.64.